The highest BCUT2D eigenvalue weighted by Gasteiger charge is 2.21. The number of aryl methyl sites for hydroxylation is 2. The highest BCUT2D eigenvalue weighted by atomic mass is 16.6. The zero-order chi connectivity index (χ0) is 27.6. The lowest BCUT2D eigenvalue weighted by molar-refractivity contribution is -0.402. The Morgan fingerprint density at radius 2 is 1.68 bits per heavy atom. The molecular formula is C31H24N6O3. The first kappa shape index (κ1) is 24.7. The molecule has 3 aromatic carbocycles. The van der Waals surface area contributed by atoms with Crippen LogP contribution >= 0.6 is 0 Å². The van der Waals surface area contributed by atoms with Crippen LogP contribution in [0, 0.1) is 24.0 Å². The van der Waals surface area contributed by atoms with Crippen molar-refractivity contribution in [3.05, 3.63) is 124 Å². The minimum Gasteiger partial charge on any atom is -0.400 e. The van der Waals surface area contributed by atoms with Gasteiger partial charge >= 0.3 is 5.88 Å². The Kier molecular flexibility index (Phi) is 6.37. The number of H-pyrrole nitrogens is 1. The Balaban J connectivity index is 1.50. The van der Waals surface area contributed by atoms with Crippen molar-refractivity contribution in [2.75, 3.05) is 0 Å². The molecule has 196 valence electrons. The van der Waals surface area contributed by atoms with Crippen LogP contribution in [-0.2, 0) is 0 Å². The molecule has 6 aromatic rings. The van der Waals surface area contributed by atoms with Crippen molar-refractivity contribution in [3.8, 4) is 28.2 Å². The minimum absolute atomic E-state index is 0.233. The molecule has 0 radical (unpaired) electrons. The number of aromatic nitrogens is 3. The monoisotopic (exact) mass is 528 g/mol. The quantitative estimate of drug-likeness (QED) is 0.133. The molecular weight excluding hydrogens is 504 g/mol. The number of nitrogens with zero attached hydrogens (tertiary/aromatic N) is 5. The van der Waals surface area contributed by atoms with Crippen LogP contribution in [0.15, 0.2) is 106 Å². The van der Waals surface area contributed by atoms with Gasteiger partial charge < -0.3 is 9.40 Å². The summed E-state index contributed by atoms with van der Waals surface area (Å²) in [7, 11) is 0. The van der Waals surface area contributed by atoms with Crippen molar-refractivity contribution in [2.24, 2.45) is 10.2 Å². The molecule has 0 aliphatic heterocycles. The van der Waals surface area contributed by atoms with Gasteiger partial charge in [0.25, 0.3) is 0 Å². The summed E-state index contributed by atoms with van der Waals surface area (Å²) < 4.78 is 6.94. The van der Waals surface area contributed by atoms with E-state index >= 15 is 0 Å². The molecule has 0 fully saturated rings. The average molecular weight is 529 g/mol. The van der Waals surface area contributed by atoms with E-state index in [-0.39, 0.29) is 11.6 Å². The van der Waals surface area contributed by atoms with Crippen LogP contribution in [0.1, 0.15) is 22.5 Å². The van der Waals surface area contributed by atoms with Gasteiger partial charge in [-0.3, -0.25) is 10.1 Å². The lowest BCUT2D eigenvalue weighted by Gasteiger charge is -2.05. The van der Waals surface area contributed by atoms with Gasteiger partial charge in [0.15, 0.2) is 5.76 Å². The first-order valence-electron chi connectivity index (χ1n) is 12.6. The van der Waals surface area contributed by atoms with Crippen molar-refractivity contribution >= 4 is 29.2 Å². The summed E-state index contributed by atoms with van der Waals surface area (Å²) in [5.74, 6) is -0.119. The maximum Gasteiger partial charge on any atom is 0.433 e. The summed E-state index contributed by atoms with van der Waals surface area (Å²) in [5, 5.41) is 25.3. The number of para-hydroxylation sites is 1. The van der Waals surface area contributed by atoms with Gasteiger partial charge in [0, 0.05) is 28.2 Å². The third-order valence-electron chi connectivity index (χ3n) is 6.55. The van der Waals surface area contributed by atoms with E-state index in [2.05, 4.69) is 53.3 Å². The predicted octanol–water partition coefficient (Wildman–Crippen LogP) is 7.26. The molecule has 1 N–H and O–H groups in total. The van der Waals surface area contributed by atoms with Gasteiger partial charge in [-0.05, 0) is 49.2 Å². The number of nitro groups is 1. The molecule has 0 saturated carbocycles. The van der Waals surface area contributed by atoms with E-state index in [1.54, 1.807) is 6.21 Å². The van der Waals surface area contributed by atoms with Gasteiger partial charge in [0.05, 0.1) is 29.9 Å². The Bertz CT molecular complexity index is 1900. The molecule has 0 amide bonds. The van der Waals surface area contributed by atoms with Gasteiger partial charge in [-0.25, -0.2) is 4.68 Å². The first-order chi connectivity index (χ1) is 19.5. The summed E-state index contributed by atoms with van der Waals surface area (Å²) in [6.45, 7) is 4.20. The van der Waals surface area contributed by atoms with Gasteiger partial charge in [-0.2, -0.15) is 15.3 Å². The number of fused-ring (bicyclic) bond motifs is 1. The van der Waals surface area contributed by atoms with Gasteiger partial charge in [-0.1, -0.05) is 60.2 Å². The fourth-order valence-electron chi connectivity index (χ4n) is 4.82. The summed E-state index contributed by atoms with van der Waals surface area (Å²) in [5.41, 5.74) is 8.73. The van der Waals surface area contributed by atoms with Gasteiger partial charge in [0.1, 0.15) is 10.6 Å². The van der Waals surface area contributed by atoms with Gasteiger partial charge in [-0.15, -0.1) is 0 Å². The molecule has 40 heavy (non-hydrogen) atoms. The summed E-state index contributed by atoms with van der Waals surface area (Å²) in [4.78, 5) is 13.9. The van der Waals surface area contributed by atoms with Gasteiger partial charge in [0.2, 0.25) is 0 Å². The molecule has 0 aliphatic rings. The van der Waals surface area contributed by atoms with Crippen molar-refractivity contribution < 1.29 is 9.34 Å². The van der Waals surface area contributed by atoms with Crippen molar-refractivity contribution in [1.29, 1.82) is 0 Å². The molecule has 9 nitrogen and oxygen atoms in total. The third-order valence-corrected chi connectivity index (χ3v) is 6.55. The fourth-order valence-corrected chi connectivity index (χ4v) is 4.82. The smallest absolute Gasteiger partial charge is 0.400 e. The van der Waals surface area contributed by atoms with Crippen LogP contribution in [0.2, 0.25) is 0 Å². The predicted molar refractivity (Wildman–Crippen MR) is 156 cm³/mol. The lowest BCUT2D eigenvalue weighted by Crippen LogP contribution is -1.94. The standard InChI is InChI=1S/C31H24N6O3/c1-20-15-21(2)29-26(16-20)28(22-9-5-3-6-10-22)31(34-29)30-23(19-36(35-30)24-11-7-4-8-12-24)17-32-33-18-25-13-14-27(40-25)37(38)39/h3-19,34H,1-2H3/b32-17+,33-18+. The van der Waals surface area contributed by atoms with E-state index in [0.717, 1.165) is 44.5 Å². The summed E-state index contributed by atoms with van der Waals surface area (Å²) in [6, 6.07) is 27.2. The highest BCUT2D eigenvalue weighted by molar-refractivity contribution is 6.06. The second kappa shape index (κ2) is 10.3. The molecule has 9 heteroatoms. The zero-order valence-corrected chi connectivity index (χ0v) is 21.8. The van der Waals surface area contributed by atoms with Crippen LogP contribution in [-0.4, -0.2) is 32.1 Å². The number of rotatable bonds is 7. The van der Waals surface area contributed by atoms with Crippen LogP contribution in [0.25, 0.3) is 39.1 Å². The van der Waals surface area contributed by atoms with E-state index in [1.165, 1.54) is 23.9 Å². The largest absolute Gasteiger partial charge is 0.433 e. The second-order valence-corrected chi connectivity index (χ2v) is 9.38. The molecule has 0 bridgehead atoms. The molecule has 0 spiro atoms. The van der Waals surface area contributed by atoms with Crippen LogP contribution in [0.4, 0.5) is 5.88 Å². The van der Waals surface area contributed by atoms with Crippen LogP contribution in [0.5, 0.6) is 0 Å². The van der Waals surface area contributed by atoms with Crippen molar-refractivity contribution in [2.45, 2.75) is 13.8 Å². The van der Waals surface area contributed by atoms with Crippen molar-refractivity contribution in [1.82, 2.24) is 14.8 Å². The van der Waals surface area contributed by atoms with E-state index in [1.807, 2.05) is 59.4 Å². The highest BCUT2D eigenvalue weighted by Crippen LogP contribution is 2.40. The minimum atomic E-state index is -0.598. The summed E-state index contributed by atoms with van der Waals surface area (Å²) >= 11 is 0. The van der Waals surface area contributed by atoms with Crippen molar-refractivity contribution in [3.63, 3.8) is 0 Å². The topological polar surface area (TPSA) is 115 Å². The van der Waals surface area contributed by atoms with Crippen LogP contribution in [0.3, 0.4) is 0 Å². The fraction of sp³-hybridized carbons (Fsp3) is 0.0645. The average Bonchev–Trinajstić information content (AvgIpc) is 3.69. The number of furan rings is 1. The normalized spacial score (nSPS) is 11.8. The third kappa shape index (κ3) is 4.71. The molecule has 6 rings (SSSR count). The molecule has 0 unspecified atom stereocenters. The molecule has 0 saturated heterocycles. The van der Waals surface area contributed by atoms with E-state index in [4.69, 9.17) is 9.52 Å². The maximum absolute atomic E-state index is 10.9. The molecule has 3 heterocycles. The van der Waals surface area contributed by atoms with E-state index in [9.17, 15) is 10.1 Å². The first-order valence-corrected chi connectivity index (χ1v) is 12.6. The lowest BCUT2D eigenvalue weighted by atomic mass is 9.97. The Hall–Kier alpha value is -5.57. The molecule has 0 aliphatic carbocycles. The Morgan fingerprint density at radius 1 is 0.950 bits per heavy atom. The van der Waals surface area contributed by atoms with E-state index < -0.39 is 4.92 Å². The number of benzene rings is 3. The maximum atomic E-state index is 10.9. The second-order valence-electron chi connectivity index (χ2n) is 9.38. The number of hydrogen-bond acceptors (Lipinski definition) is 6. The summed E-state index contributed by atoms with van der Waals surface area (Å²) in [6.07, 6.45) is 4.85. The zero-order valence-electron chi connectivity index (χ0n) is 21.8. The Labute approximate surface area is 229 Å². The number of aromatic amines is 1. The molecule has 3 aromatic heterocycles. The SMILES string of the molecule is Cc1cc(C)c2[nH]c(-c3nn(-c4ccccc4)cc3/C=N/N=C/c3ccc([N+](=O)[O-])o3)c(-c3ccccc3)c2c1. The number of hydrogen-bond donors (Lipinski definition) is 1. The number of nitrogens with one attached hydrogen (secondary N) is 1. The molecule has 0 atom stereocenters. The van der Waals surface area contributed by atoms with E-state index in [0.29, 0.717) is 5.69 Å². The van der Waals surface area contributed by atoms with Crippen LogP contribution < -0.4 is 0 Å². The Morgan fingerprint density at radius 3 is 2.40 bits per heavy atom.